The molecule has 0 aliphatic heterocycles. The summed E-state index contributed by atoms with van der Waals surface area (Å²) < 4.78 is 1.81. The zero-order chi connectivity index (χ0) is 21.0. The topological polar surface area (TPSA) is 76.0 Å². The Morgan fingerprint density at radius 3 is 2.38 bits per heavy atom. The van der Waals surface area contributed by atoms with Gasteiger partial charge >= 0.3 is 0 Å². The first-order valence-electron chi connectivity index (χ1n) is 8.60. The first-order valence-corrected chi connectivity index (χ1v) is 9.74. The molecule has 1 heterocycles. The van der Waals surface area contributed by atoms with Crippen LogP contribution in [0.4, 0.5) is 0 Å². The Hall–Kier alpha value is -2.54. The Labute approximate surface area is 182 Å². The van der Waals surface area contributed by atoms with Crippen molar-refractivity contribution >= 4 is 46.6 Å². The summed E-state index contributed by atoms with van der Waals surface area (Å²) >= 11 is 17.8. The second kappa shape index (κ2) is 9.31. The van der Waals surface area contributed by atoms with E-state index in [1.807, 2.05) is 23.7 Å². The lowest BCUT2D eigenvalue weighted by Gasteiger charge is -2.19. The lowest BCUT2D eigenvalue weighted by molar-refractivity contribution is -0.120. The molecule has 3 aromatic rings. The predicted molar refractivity (Wildman–Crippen MR) is 113 cm³/mol. The number of rotatable bonds is 6. The summed E-state index contributed by atoms with van der Waals surface area (Å²) in [5.41, 5.74) is 1.05. The summed E-state index contributed by atoms with van der Waals surface area (Å²) in [5, 5.41) is 6.67. The number of hydrogen-bond acceptors (Lipinski definition) is 3. The number of aromatic nitrogens is 2. The SMILES string of the molecule is Cn1ccnc1[C@H](NC(=O)CNC(=O)c1ccc(Cl)cc1Cl)c1ccc(Cl)cc1. The third kappa shape index (κ3) is 5.29. The largest absolute Gasteiger partial charge is 0.343 e. The van der Waals surface area contributed by atoms with Gasteiger partial charge in [0, 0.05) is 29.5 Å². The van der Waals surface area contributed by atoms with E-state index in [0.717, 1.165) is 5.56 Å². The van der Waals surface area contributed by atoms with Gasteiger partial charge in [-0.05, 0) is 35.9 Å². The predicted octanol–water partition coefficient (Wildman–Crippen LogP) is 4.02. The van der Waals surface area contributed by atoms with Crippen molar-refractivity contribution in [2.75, 3.05) is 6.54 Å². The lowest BCUT2D eigenvalue weighted by Crippen LogP contribution is -2.39. The Balaban J connectivity index is 1.71. The van der Waals surface area contributed by atoms with E-state index < -0.39 is 11.9 Å². The number of halogens is 3. The molecular formula is C20H17Cl3N4O2. The molecule has 2 N–H and O–H groups in total. The molecule has 0 unspecified atom stereocenters. The van der Waals surface area contributed by atoms with E-state index in [2.05, 4.69) is 15.6 Å². The Morgan fingerprint density at radius 2 is 1.76 bits per heavy atom. The Kier molecular flexibility index (Phi) is 6.79. The molecule has 1 aromatic heterocycles. The molecule has 0 bridgehead atoms. The number of amides is 2. The average molecular weight is 452 g/mol. The minimum atomic E-state index is -0.504. The number of nitrogens with one attached hydrogen (secondary N) is 2. The summed E-state index contributed by atoms with van der Waals surface area (Å²) in [6.45, 7) is -0.230. The molecule has 3 rings (SSSR count). The highest BCUT2D eigenvalue weighted by molar-refractivity contribution is 6.36. The van der Waals surface area contributed by atoms with Gasteiger partial charge < -0.3 is 15.2 Å². The summed E-state index contributed by atoms with van der Waals surface area (Å²) in [6, 6.07) is 11.1. The van der Waals surface area contributed by atoms with E-state index in [-0.39, 0.29) is 23.0 Å². The molecule has 0 saturated heterocycles. The van der Waals surface area contributed by atoms with Crippen molar-refractivity contribution in [3.05, 3.63) is 86.9 Å². The van der Waals surface area contributed by atoms with Crippen LogP contribution in [0.5, 0.6) is 0 Å². The van der Waals surface area contributed by atoms with Gasteiger partial charge in [-0.3, -0.25) is 9.59 Å². The van der Waals surface area contributed by atoms with Crippen molar-refractivity contribution in [1.29, 1.82) is 0 Å². The van der Waals surface area contributed by atoms with E-state index in [1.54, 1.807) is 30.6 Å². The van der Waals surface area contributed by atoms with Crippen LogP contribution < -0.4 is 10.6 Å². The maximum atomic E-state index is 12.5. The fourth-order valence-electron chi connectivity index (χ4n) is 2.75. The van der Waals surface area contributed by atoms with E-state index in [4.69, 9.17) is 34.8 Å². The van der Waals surface area contributed by atoms with Crippen LogP contribution in [0.1, 0.15) is 27.8 Å². The molecule has 0 saturated carbocycles. The van der Waals surface area contributed by atoms with Crippen molar-refractivity contribution < 1.29 is 9.59 Å². The maximum Gasteiger partial charge on any atom is 0.253 e. The van der Waals surface area contributed by atoms with Gasteiger partial charge in [0.25, 0.3) is 5.91 Å². The number of hydrogen-bond donors (Lipinski definition) is 2. The van der Waals surface area contributed by atoms with Gasteiger partial charge in [-0.15, -0.1) is 0 Å². The van der Waals surface area contributed by atoms with E-state index in [1.165, 1.54) is 12.1 Å². The maximum absolute atomic E-state index is 12.5. The minimum absolute atomic E-state index is 0.211. The number of benzene rings is 2. The average Bonchev–Trinajstić information content (AvgIpc) is 3.10. The molecule has 0 aliphatic rings. The van der Waals surface area contributed by atoms with Crippen molar-refractivity contribution in [1.82, 2.24) is 20.2 Å². The molecule has 0 aliphatic carbocycles. The van der Waals surface area contributed by atoms with Gasteiger partial charge in [0.1, 0.15) is 11.9 Å². The van der Waals surface area contributed by atoms with Gasteiger partial charge in [0.15, 0.2) is 0 Å². The molecule has 1 atom stereocenters. The number of carbonyl (C=O) groups excluding carboxylic acids is 2. The van der Waals surface area contributed by atoms with Crippen LogP contribution in [0, 0.1) is 0 Å². The Morgan fingerprint density at radius 1 is 1.07 bits per heavy atom. The van der Waals surface area contributed by atoms with E-state index in [9.17, 15) is 9.59 Å². The first-order chi connectivity index (χ1) is 13.8. The molecule has 29 heavy (non-hydrogen) atoms. The second-order valence-electron chi connectivity index (χ2n) is 6.26. The molecule has 2 aromatic carbocycles. The van der Waals surface area contributed by atoms with Crippen molar-refractivity contribution in [3.63, 3.8) is 0 Å². The molecule has 6 nitrogen and oxygen atoms in total. The van der Waals surface area contributed by atoms with E-state index >= 15 is 0 Å². The summed E-state index contributed by atoms with van der Waals surface area (Å²) in [5.74, 6) is -0.207. The molecule has 0 spiro atoms. The highest BCUT2D eigenvalue weighted by Gasteiger charge is 2.21. The van der Waals surface area contributed by atoms with Crippen LogP contribution in [0.25, 0.3) is 0 Å². The summed E-state index contributed by atoms with van der Waals surface area (Å²) in [6.07, 6.45) is 3.43. The number of imidazole rings is 1. The van der Waals surface area contributed by atoms with Crippen molar-refractivity contribution in [3.8, 4) is 0 Å². The molecule has 2 amide bonds. The quantitative estimate of drug-likeness (QED) is 0.594. The van der Waals surface area contributed by atoms with Crippen LogP contribution in [-0.2, 0) is 11.8 Å². The van der Waals surface area contributed by atoms with Crippen molar-refractivity contribution in [2.45, 2.75) is 6.04 Å². The smallest absolute Gasteiger partial charge is 0.253 e. The van der Waals surface area contributed by atoms with Crippen LogP contribution in [0.3, 0.4) is 0 Å². The normalized spacial score (nSPS) is 11.7. The fraction of sp³-hybridized carbons (Fsp3) is 0.150. The van der Waals surface area contributed by atoms with Gasteiger partial charge in [-0.2, -0.15) is 0 Å². The fourth-order valence-corrected chi connectivity index (χ4v) is 3.37. The second-order valence-corrected chi connectivity index (χ2v) is 7.54. The van der Waals surface area contributed by atoms with Gasteiger partial charge in [-0.25, -0.2) is 4.98 Å². The highest BCUT2D eigenvalue weighted by atomic mass is 35.5. The van der Waals surface area contributed by atoms with Gasteiger partial charge in [0.2, 0.25) is 5.91 Å². The standard InChI is InChI=1S/C20H17Cl3N4O2/c1-27-9-8-24-19(27)18(12-2-4-13(21)5-3-12)26-17(28)11-25-20(29)15-7-6-14(22)10-16(15)23/h2-10,18H,11H2,1H3,(H,25,29)(H,26,28)/t18-/m1/s1. The van der Waals surface area contributed by atoms with Crippen LogP contribution in [-0.4, -0.2) is 27.9 Å². The molecular weight excluding hydrogens is 435 g/mol. The van der Waals surface area contributed by atoms with Crippen LogP contribution >= 0.6 is 34.8 Å². The molecule has 0 fully saturated rings. The number of carbonyl (C=O) groups is 2. The summed E-state index contributed by atoms with van der Waals surface area (Å²) in [7, 11) is 1.84. The molecule has 9 heteroatoms. The number of aryl methyl sites for hydroxylation is 1. The first kappa shape index (κ1) is 21.2. The van der Waals surface area contributed by atoms with E-state index in [0.29, 0.717) is 15.9 Å². The highest BCUT2D eigenvalue weighted by Crippen LogP contribution is 2.23. The lowest BCUT2D eigenvalue weighted by atomic mass is 10.1. The third-order valence-corrected chi connectivity index (χ3v) is 5.01. The summed E-state index contributed by atoms with van der Waals surface area (Å²) in [4.78, 5) is 29.2. The van der Waals surface area contributed by atoms with Gasteiger partial charge in [-0.1, -0.05) is 46.9 Å². The zero-order valence-corrected chi connectivity index (χ0v) is 17.6. The van der Waals surface area contributed by atoms with Crippen LogP contribution in [0.15, 0.2) is 54.9 Å². The minimum Gasteiger partial charge on any atom is -0.343 e. The molecule has 0 radical (unpaired) electrons. The Bertz CT molecular complexity index is 1030. The number of nitrogens with zero attached hydrogens (tertiary/aromatic N) is 2. The monoisotopic (exact) mass is 450 g/mol. The molecule has 150 valence electrons. The van der Waals surface area contributed by atoms with Gasteiger partial charge in [0.05, 0.1) is 17.1 Å². The third-order valence-electron chi connectivity index (χ3n) is 4.21. The van der Waals surface area contributed by atoms with Crippen LogP contribution in [0.2, 0.25) is 15.1 Å². The van der Waals surface area contributed by atoms with Crippen molar-refractivity contribution in [2.24, 2.45) is 7.05 Å². The zero-order valence-electron chi connectivity index (χ0n) is 15.3.